The quantitative estimate of drug-likeness (QED) is 0.605. The number of carbonyl (C=O) groups excluding carboxylic acids is 1. The first-order valence-electron chi connectivity index (χ1n) is 5.47. The lowest BCUT2D eigenvalue weighted by molar-refractivity contribution is 0.121. The zero-order valence-electron chi connectivity index (χ0n) is 10.4. The highest BCUT2D eigenvalue weighted by Gasteiger charge is 2.18. The lowest BCUT2D eigenvalue weighted by atomic mass is 10.2. The van der Waals surface area contributed by atoms with Gasteiger partial charge < -0.3 is 10.5 Å². The number of ether oxygens (including phenoxy) is 1. The molecule has 1 atom stereocenters. The molecular formula is C9H21N3O4S. The molecule has 0 aliphatic rings. The molecule has 8 heteroatoms. The number of rotatable bonds is 7. The molecule has 0 fully saturated rings. The number of carbonyl (C=O) groups is 1. The topological polar surface area (TPSA) is 111 Å². The van der Waals surface area contributed by atoms with E-state index in [1.165, 1.54) is 0 Å². The van der Waals surface area contributed by atoms with Crippen LogP contribution in [-0.2, 0) is 14.9 Å². The monoisotopic (exact) mass is 267 g/mol. The number of amides is 1. The van der Waals surface area contributed by atoms with Gasteiger partial charge in [0.25, 0.3) is 0 Å². The fourth-order valence-electron chi connectivity index (χ4n) is 1.13. The van der Waals surface area contributed by atoms with Gasteiger partial charge in [-0.25, -0.2) is 9.52 Å². The molecule has 0 bridgehead atoms. The predicted molar refractivity (Wildman–Crippen MR) is 64.6 cm³/mol. The SMILES string of the molecule is CC(CCCN)NS(=O)(=O)NC(=O)OC(C)C. The van der Waals surface area contributed by atoms with Crippen LogP contribution in [0.3, 0.4) is 0 Å². The molecule has 7 nitrogen and oxygen atoms in total. The molecule has 0 radical (unpaired) electrons. The lowest BCUT2D eigenvalue weighted by Crippen LogP contribution is -2.44. The van der Waals surface area contributed by atoms with Gasteiger partial charge in [0.05, 0.1) is 6.10 Å². The molecule has 0 saturated carbocycles. The van der Waals surface area contributed by atoms with E-state index in [-0.39, 0.29) is 12.1 Å². The first-order chi connectivity index (χ1) is 7.76. The summed E-state index contributed by atoms with van der Waals surface area (Å²) in [5.41, 5.74) is 5.31. The van der Waals surface area contributed by atoms with Crippen LogP contribution < -0.4 is 15.2 Å². The van der Waals surface area contributed by atoms with Gasteiger partial charge in [0, 0.05) is 6.04 Å². The predicted octanol–water partition coefficient (Wildman–Crippen LogP) is 0.0828. The molecule has 0 heterocycles. The Morgan fingerprint density at radius 1 is 1.35 bits per heavy atom. The maximum Gasteiger partial charge on any atom is 0.422 e. The van der Waals surface area contributed by atoms with Crippen LogP contribution in [0.4, 0.5) is 4.79 Å². The zero-order valence-corrected chi connectivity index (χ0v) is 11.2. The fourth-order valence-corrected chi connectivity index (χ4v) is 2.10. The summed E-state index contributed by atoms with van der Waals surface area (Å²) in [6.07, 6.45) is -0.0464. The summed E-state index contributed by atoms with van der Waals surface area (Å²) in [7, 11) is -3.87. The largest absolute Gasteiger partial charge is 0.446 e. The van der Waals surface area contributed by atoms with Crippen LogP contribution >= 0.6 is 0 Å². The molecule has 0 rings (SSSR count). The average Bonchev–Trinajstić information content (AvgIpc) is 2.10. The molecule has 0 aromatic heterocycles. The normalized spacial score (nSPS) is 13.5. The second kappa shape index (κ2) is 7.46. The maximum atomic E-state index is 11.4. The van der Waals surface area contributed by atoms with Gasteiger partial charge in [-0.3, -0.25) is 0 Å². The minimum Gasteiger partial charge on any atom is -0.446 e. The van der Waals surface area contributed by atoms with Gasteiger partial charge in [-0.05, 0) is 40.2 Å². The minimum atomic E-state index is -3.87. The van der Waals surface area contributed by atoms with E-state index in [1.807, 2.05) is 0 Å². The van der Waals surface area contributed by atoms with Crippen molar-refractivity contribution in [2.45, 2.75) is 45.8 Å². The van der Waals surface area contributed by atoms with Crippen LogP contribution in [0.25, 0.3) is 0 Å². The summed E-state index contributed by atoms with van der Waals surface area (Å²) >= 11 is 0. The van der Waals surface area contributed by atoms with Gasteiger partial charge in [0.15, 0.2) is 0 Å². The molecule has 0 aliphatic carbocycles. The highest BCUT2D eigenvalue weighted by molar-refractivity contribution is 7.88. The van der Waals surface area contributed by atoms with Crippen molar-refractivity contribution in [3.05, 3.63) is 0 Å². The summed E-state index contributed by atoms with van der Waals surface area (Å²) in [4.78, 5) is 11.1. The van der Waals surface area contributed by atoms with Crippen molar-refractivity contribution in [2.75, 3.05) is 6.54 Å². The molecule has 0 saturated heterocycles. The van der Waals surface area contributed by atoms with Gasteiger partial charge >= 0.3 is 16.3 Å². The molecule has 17 heavy (non-hydrogen) atoms. The van der Waals surface area contributed by atoms with Gasteiger partial charge in [-0.2, -0.15) is 13.1 Å². The molecule has 0 aromatic carbocycles. The molecule has 0 aliphatic heterocycles. The van der Waals surface area contributed by atoms with Crippen LogP contribution in [0.1, 0.15) is 33.6 Å². The van der Waals surface area contributed by atoms with E-state index in [1.54, 1.807) is 25.5 Å². The number of nitrogens with two attached hydrogens (primary N) is 1. The standard InChI is InChI=1S/C9H21N3O4S/c1-7(2)16-9(13)12-17(14,15)11-8(3)5-4-6-10/h7-8,11H,4-6,10H2,1-3H3,(H,12,13). The van der Waals surface area contributed by atoms with Crippen LogP contribution in [0, 0.1) is 0 Å². The summed E-state index contributed by atoms with van der Waals surface area (Å²) in [5, 5.41) is 0. The van der Waals surface area contributed by atoms with E-state index in [4.69, 9.17) is 5.73 Å². The lowest BCUT2D eigenvalue weighted by Gasteiger charge is -2.15. The van der Waals surface area contributed by atoms with E-state index in [2.05, 4.69) is 9.46 Å². The Hall–Kier alpha value is -0.860. The third-order valence-electron chi connectivity index (χ3n) is 1.76. The van der Waals surface area contributed by atoms with Crippen molar-refractivity contribution >= 4 is 16.3 Å². The second-order valence-electron chi connectivity index (χ2n) is 4.01. The summed E-state index contributed by atoms with van der Waals surface area (Å²) < 4.78 is 31.6. The summed E-state index contributed by atoms with van der Waals surface area (Å²) in [5.74, 6) is 0. The summed E-state index contributed by atoms with van der Waals surface area (Å²) in [6, 6.07) is -0.289. The Labute approximate surface area is 102 Å². The molecular weight excluding hydrogens is 246 g/mol. The van der Waals surface area contributed by atoms with Gasteiger partial charge in [-0.15, -0.1) is 0 Å². The highest BCUT2D eigenvalue weighted by Crippen LogP contribution is 1.97. The summed E-state index contributed by atoms with van der Waals surface area (Å²) in [6.45, 7) is 5.45. The highest BCUT2D eigenvalue weighted by atomic mass is 32.2. The minimum absolute atomic E-state index is 0.289. The first kappa shape index (κ1) is 16.1. The van der Waals surface area contributed by atoms with Crippen molar-refractivity contribution in [3.63, 3.8) is 0 Å². The molecule has 0 aromatic rings. The second-order valence-corrected chi connectivity index (χ2v) is 5.46. The van der Waals surface area contributed by atoms with E-state index in [0.717, 1.165) is 0 Å². The smallest absolute Gasteiger partial charge is 0.422 e. The third kappa shape index (κ3) is 8.90. The Morgan fingerprint density at radius 2 is 1.94 bits per heavy atom. The van der Waals surface area contributed by atoms with Crippen molar-refractivity contribution in [2.24, 2.45) is 5.73 Å². The number of nitrogens with one attached hydrogen (secondary N) is 2. The van der Waals surface area contributed by atoms with Crippen molar-refractivity contribution in [1.82, 2.24) is 9.44 Å². The van der Waals surface area contributed by atoms with Crippen molar-refractivity contribution in [3.8, 4) is 0 Å². The zero-order chi connectivity index (χ0) is 13.5. The van der Waals surface area contributed by atoms with Gasteiger partial charge in [0.1, 0.15) is 0 Å². The maximum absolute atomic E-state index is 11.4. The number of hydrogen-bond donors (Lipinski definition) is 3. The molecule has 1 unspecified atom stereocenters. The molecule has 1 amide bonds. The molecule has 4 N–H and O–H groups in total. The Kier molecular flexibility index (Phi) is 7.09. The van der Waals surface area contributed by atoms with Crippen LogP contribution in [0.2, 0.25) is 0 Å². The van der Waals surface area contributed by atoms with E-state index >= 15 is 0 Å². The third-order valence-corrected chi connectivity index (χ3v) is 2.91. The average molecular weight is 267 g/mol. The van der Waals surface area contributed by atoms with Crippen LogP contribution in [0.15, 0.2) is 0 Å². The van der Waals surface area contributed by atoms with Crippen LogP contribution in [0.5, 0.6) is 0 Å². The van der Waals surface area contributed by atoms with Crippen molar-refractivity contribution < 1.29 is 17.9 Å². The number of hydrogen-bond acceptors (Lipinski definition) is 5. The van der Waals surface area contributed by atoms with Gasteiger partial charge in [0.2, 0.25) is 0 Å². The van der Waals surface area contributed by atoms with E-state index in [0.29, 0.717) is 19.4 Å². The van der Waals surface area contributed by atoms with Crippen molar-refractivity contribution in [1.29, 1.82) is 0 Å². The Balaban J connectivity index is 4.15. The first-order valence-corrected chi connectivity index (χ1v) is 6.96. The van der Waals surface area contributed by atoms with E-state index < -0.39 is 16.3 Å². The van der Waals surface area contributed by atoms with E-state index in [9.17, 15) is 13.2 Å². The fraction of sp³-hybridized carbons (Fsp3) is 0.889. The Bertz CT molecular complexity index is 329. The molecule has 102 valence electrons. The van der Waals surface area contributed by atoms with Crippen LogP contribution in [-0.4, -0.2) is 33.2 Å². The Morgan fingerprint density at radius 3 is 2.41 bits per heavy atom. The molecule has 0 spiro atoms. The van der Waals surface area contributed by atoms with Gasteiger partial charge in [-0.1, -0.05) is 0 Å².